The Kier molecular flexibility index (Phi) is 4.47. The van der Waals surface area contributed by atoms with Gasteiger partial charge in [-0.1, -0.05) is 30.3 Å². The van der Waals surface area contributed by atoms with E-state index in [9.17, 15) is 0 Å². The van der Waals surface area contributed by atoms with Gasteiger partial charge in [0, 0.05) is 30.4 Å². The van der Waals surface area contributed by atoms with Crippen LogP contribution in [-0.4, -0.2) is 23.8 Å². The van der Waals surface area contributed by atoms with Crippen LogP contribution in [0.3, 0.4) is 0 Å². The minimum atomic E-state index is 0.845. The summed E-state index contributed by atoms with van der Waals surface area (Å²) in [7, 11) is 0. The van der Waals surface area contributed by atoms with Crippen LogP contribution in [-0.2, 0) is 0 Å². The molecule has 1 rings (SSSR count). The van der Waals surface area contributed by atoms with Crippen LogP contribution in [0.15, 0.2) is 34.8 Å². The van der Waals surface area contributed by atoms with Crippen LogP contribution < -0.4 is 0 Å². The van der Waals surface area contributed by atoms with Crippen LogP contribution in [0.2, 0.25) is 0 Å². The number of benzene rings is 1. The molecule has 0 saturated carbocycles. The smallest absolute Gasteiger partial charge is 0.150 e. The van der Waals surface area contributed by atoms with E-state index in [1.807, 2.05) is 30.3 Å². The highest BCUT2D eigenvalue weighted by molar-refractivity contribution is 6.22. The van der Waals surface area contributed by atoms with Crippen molar-refractivity contribution in [2.24, 2.45) is 4.51 Å². The summed E-state index contributed by atoms with van der Waals surface area (Å²) in [6, 6.07) is 9.98. The molecule has 0 saturated heterocycles. The maximum Gasteiger partial charge on any atom is 0.150 e. The first-order valence-corrected chi connectivity index (χ1v) is 5.16. The highest BCUT2D eigenvalue weighted by Gasteiger charge is 2.08. The normalized spacial score (nSPS) is 11.5. The molecule has 0 aliphatic carbocycles. The summed E-state index contributed by atoms with van der Waals surface area (Å²) in [6.07, 6.45) is 0. The molecule has 0 atom stereocenters. The minimum absolute atomic E-state index is 0.845. The Hall–Kier alpha value is -1.02. The molecule has 0 radical (unpaired) electrons. The Balaban J connectivity index is 2.94. The second kappa shape index (κ2) is 5.66. The number of amidine groups is 1. The highest BCUT2D eigenvalue weighted by Crippen LogP contribution is 2.07. The molecule has 0 unspecified atom stereocenters. The van der Waals surface area contributed by atoms with Crippen molar-refractivity contribution in [1.29, 1.82) is 0 Å². The molecule has 0 amide bonds. The molecule has 0 N–H and O–H groups in total. The van der Waals surface area contributed by atoms with Crippen molar-refractivity contribution >= 4 is 17.6 Å². The first-order valence-electron chi connectivity index (χ1n) is 4.82. The number of rotatable bonds is 3. The quantitative estimate of drug-likeness (QED) is 0.553. The van der Waals surface area contributed by atoms with E-state index in [1.165, 1.54) is 0 Å². The molecule has 14 heavy (non-hydrogen) atoms. The van der Waals surface area contributed by atoms with Crippen LogP contribution in [0.1, 0.15) is 19.4 Å². The molecule has 0 bridgehead atoms. The van der Waals surface area contributed by atoms with E-state index in [-0.39, 0.29) is 0 Å². The van der Waals surface area contributed by atoms with Gasteiger partial charge in [-0.25, -0.2) is 0 Å². The van der Waals surface area contributed by atoms with Gasteiger partial charge in [-0.05, 0) is 13.8 Å². The number of hydrogen-bond donors (Lipinski definition) is 0. The summed E-state index contributed by atoms with van der Waals surface area (Å²) in [5.41, 5.74) is 1.06. The third-order valence-corrected chi connectivity index (χ3v) is 2.34. The summed E-state index contributed by atoms with van der Waals surface area (Å²) >= 11 is 5.60. The molecule has 3 heteroatoms. The first-order chi connectivity index (χ1) is 6.83. The topological polar surface area (TPSA) is 15.6 Å². The van der Waals surface area contributed by atoms with Crippen molar-refractivity contribution in [3.05, 3.63) is 35.9 Å². The second-order valence-corrected chi connectivity index (χ2v) is 3.12. The minimum Gasteiger partial charge on any atom is -0.356 e. The fourth-order valence-corrected chi connectivity index (χ4v) is 1.60. The maximum atomic E-state index is 5.60. The second-order valence-electron chi connectivity index (χ2n) is 2.95. The van der Waals surface area contributed by atoms with E-state index >= 15 is 0 Å². The standard InChI is InChI=1S/C11H15ClN2/c1-3-14(4-2)11(13-12)10-8-6-5-7-9-10/h5-9H,3-4H2,1-2H3/b13-11+. The van der Waals surface area contributed by atoms with Gasteiger partial charge in [0.25, 0.3) is 0 Å². The van der Waals surface area contributed by atoms with Crippen molar-refractivity contribution in [3.8, 4) is 0 Å². The van der Waals surface area contributed by atoms with E-state index in [4.69, 9.17) is 11.8 Å². The summed E-state index contributed by atoms with van der Waals surface area (Å²) in [6.45, 7) is 6.01. The number of halogens is 1. The van der Waals surface area contributed by atoms with Gasteiger partial charge >= 0.3 is 0 Å². The fraction of sp³-hybridized carbons (Fsp3) is 0.364. The molecular weight excluding hydrogens is 196 g/mol. The maximum absolute atomic E-state index is 5.60. The molecular formula is C11H15ClN2. The Morgan fingerprint density at radius 2 is 1.79 bits per heavy atom. The van der Waals surface area contributed by atoms with Crippen molar-refractivity contribution in [2.75, 3.05) is 13.1 Å². The van der Waals surface area contributed by atoms with E-state index in [1.54, 1.807) is 0 Å². The van der Waals surface area contributed by atoms with Crippen LogP contribution in [0.25, 0.3) is 0 Å². The predicted molar refractivity (Wildman–Crippen MR) is 61.8 cm³/mol. The van der Waals surface area contributed by atoms with E-state index in [2.05, 4.69) is 23.3 Å². The van der Waals surface area contributed by atoms with Crippen LogP contribution >= 0.6 is 11.8 Å². The van der Waals surface area contributed by atoms with Crippen LogP contribution in [0, 0.1) is 0 Å². The zero-order chi connectivity index (χ0) is 10.4. The van der Waals surface area contributed by atoms with Crippen molar-refractivity contribution in [1.82, 2.24) is 4.90 Å². The lowest BCUT2D eigenvalue weighted by Crippen LogP contribution is -2.30. The summed E-state index contributed by atoms with van der Waals surface area (Å²) < 4.78 is 3.82. The van der Waals surface area contributed by atoms with Gasteiger partial charge in [0.05, 0.1) is 0 Å². The van der Waals surface area contributed by atoms with Gasteiger partial charge in [0.1, 0.15) is 5.84 Å². The lowest BCUT2D eigenvalue weighted by molar-refractivity contribution is 0.467. The molecule has 0 aliphatic heterocycles. The Morgan fingerprint density at radius 3 is 2.21 bits per heavy atom. The molecule has 1 aromatic carbocycles. The Labute approximate surface area is 90.3 Å². The van der Waals surface area contributed by atoms with E-state index < -0.39 is 0 Å². The summed E-state index contributed by atoms with van der Waals surface area (Å²) in [4.78, 5) is 2.13. The SMILES string of the molecule is CCN(CC)/C(=N/Cl)c1ccccc1. The summed E-state index contributed by atoms with van der Waals surface area (Å²) in [5.74, 6) is 0.845. The summed E-state index contributed by atoms with van der Waals surface area (Å²) in [5, 5.41) is 0. The van der Waals surface area contributed by atoms with Gasteiger partial charge in [0.2, 0.25) is 0 Å². The highest BCUT2D eigenvalue weighted by atomic mass is 35.5. The monoisotopic (exact) mass is 210 g/mol. The Bertz CT molecular complexity index is 291. The van der Waals surface area contributed by atoms with Crippen LogP contribution in [0.5, 0.6) is 0 Å². The zero-order valence-electron chi connectivity index (χ0n) is 8.57. The molecule has 0 heterocycles. The first kappa shape index (κ1) is 11.1. The third kappa shape index (κ3) is 2.48. The molecule has 0 fully saturated rings. The van der Waals surface area contributed by atoms with Crippen molar-refractivity contribution < 1.29 is 0 Å². The zero-order valence-corrected chi connectivity index (χ0v) is 9.33. The van der Waals surface area contributed by atoms with Gasteiger partial charge in [-0.3, -0.25) is 0 Å². The van der Waals surface area contributed by atoms with E-state index in [0.717, 1.165) is 24.5 Å². The van der Waals surface area contributed by atoms with Crippen molar-refractivity contribution in [2.45, 2.75) is 13.8 Å². The fourth-order valence-electron chi connectivity index (χ4n) is 1.40. The molecule has 76 valence electrons. The van der Waals surface area contributed by atoms with Gasteiger partial charge in [-0.15, -0.1) is 0 Å². The predicted octanol–water partition coefficient (Wildman–Crippen LogP) is 2.93. The third-order valence-electron chi connectivity index (χ3n) is 2.18. The Morgan fingerprint density at radius 1 is 1.21 bits per heavy atom. The van der Waals surface area contributed by atoms with E-state index in [0.29, 0.717) is 0 Å². The molecule has 0 aliphatic rings. The largest absolute Gasteiger partial charge is 0.356 e. The number of hydrogen-bond acceptors (Lipinski definition) is 1. The van der Waals surface area contributed by atoms with Gasteiger partial charge < -0.3 is 4.90 Å². The average molecular weight is 211 g/mol. The number of nitrogens with zero attached hydrogens (tertiary/aromatic N) is 2. The average Bonchev–Trinajstić information content (AvgIpc) is 2.27. The van der Waals surface area contributed by atoms with Gasteiger partial charge in [-0.2, -0.15) is 4.51 Å². The lowest BCUT2D eigenvalue weighted by atomic mass is 10.2. The van der Waals surface area contributed by atoms with Gasteiger partial charge in [0.15, 0.2) is 0 Å². The van der Waals surface area contributed by atoms with Crippen LogP contribution in [0.4, 0.5) is 0 Å². The molecule has 2 nitrogen and oxygen atoms in total. The molecule has 0 spiro atoms. The lowest BCUT2D eigenvalue weighted by Gasteiger charge is -2.21. The molecule has 1 aromatic rings. The molecule has 0 aromatic heterocycles. The van der Waals surface area contributed by atoms with Crippen molar-refractivity contribution in [3.63, 3.8) is 0 Å².